The highest BCUT2D eigenvalue weighted by Gasteiger charge is 2.21. The van der Waals surface area contributed by atoms with E-state index in [1.54, 1.807) is 12.1 Å². The second-order valence-corrected chi connectivity index (χ2v) is 5.11. The third-order valence-corrected chi connectivity index (χ3v) is 3.80. The lowest BCUT2D eigenvalue weighted by Gasteiger charge is -2.16. The van der Waals surface area contributed by atoms with Gasteiger partial charge in [-0.1, -0.05) is 11.6 Å². The summed E-state index contributed by atoms with van der Waals surface area (Å²) in [6.45, 7) is 0. The van der Waals surface area contributed by atoms with Crippen LogP contribution in [-0.2, 0) is 0 Å². The zero-order valence-corrected chi connectivity index (χ0v) is 14.1. The molecule has 0 radical (unpaired) electrons. The number of nitrogens with two attached hydrogens (primary N) is 1. The van der Waals surface area contributed by atoms with Gasteiger partial charge in [0.05, 0.1) is 43.2 Å². The number of nitriles is 2. The van der Waals surface area contributed by atoms with Gasteiger partial charge in [0.15, 0.2) is 11.5 Å². The maximum atomic E-state index is 9.47. The van der Waals surface area contributed by atoms with E-state index in [4.69, 9.17) is 36.8 Å². The van der Waals surface area contributed by atoms with Gasteiger partial charge in [-0.15, -0.1) is 0 Å². The number of nitrogen functional groups attached to an aromatic ring is 1. The number of hydrogen-bond acceptors (Lipinski definition) is 6. The summed E-state index contributed by atoms with van der Waals surface area (Å²) < 4.78 is 15.9. The zero-order chi connectivity index (χ0) is 17.9. The maximum Gasteiger partial charge on any atom is 0.203 e. The lowest BCUT2D eigenvalue weighted by atomic mass is 9.95. The Morgan fingerprint density at radius 1 is 0.958 bits per heavy atom. The molecule has 0 aliphatic carbocycles. The van der Waals surface area contributed by atoms with Crippen LogP contribution in [0, 0.1) is 22.7 Å². The van der Waals surface area contributed by atoms with Crippen molar-refractivity contribution >= 4 is 17.3 Å². The standard InChI is InChI=1S/C17H14ClN3O3/c1-22-13-5-9(6-14(23-2)17(13)24-3)15-11(8-20)16(21)10(7-19)4-12(15)18/h4-6H,21H2,1-3H3. The van der Waals surface area contributed by atoms with Gasteiger partial charge in [-0.05, 0) is 23.8 Å². The number of hydrogen-bond donors (Lipinski definition) is 1. The largest absolute Gasteiger partial charge is 0.493 e. The van der Waals surface area contributed by atoms with Crippen molar-refractivity contribution in [3.05, 3.63) is 34.3 Å². The third-order valence-electron chi connectivity index (χ3n) is 3.51. The van der Waals surface area contributed by atoms with E-state index in [-0.39, 0.29) is 21.8 Å². The summed E-state index contributed by atoms with van der Waals surface area (Å²) in [7, 11) is 4.47. The van der Waals surface area contributed by atoms with Gasteiger partial charge in [0.2, 0.25) is 5.75 Å². The SMILES string of the molecule is COc1cc(-c2c(Cl)cc(C#N)c(N)c2C#N)cc(OC)c1OC. The van der Waals surface area contributed by atoms with Gasteiger partial charge >= 0.3 is 0 Å². The second-order valence-electron chi connectivity index (χ2n) is 4.71. The van der Waals surface area contributed by atoms with Gasteiger partial charge in [0.1, 0.15) is 12.1 Å². The Morgan fingerprint density at radius 3 is 1.96 bits per heavy atom. The van der Waals surface area contributed by atoms with Gasteiger partial charge in [-0.25, -0.2) is 0 Å². The molecule has 0 saturated carbocycles. The molecule has 0 amide bonds. The molecular weight excluding hydrogens is 330 g/mol. The van der Waals surface area contributed by atoms with Crippen LogP contribution >= 0.6 is 11.6 Å². The lowest BCUT2D eigenvalue weighted by Crippen LogP contribution is -2.00. The summed E-state index contributed by atoms with van der Waals surface area (Å²) in [6, 6.07) is 8.68. The van der Waals surface area contributed by atoms with E-state index in [1.165, 1.54) is 27.4 Å². The highest BCUT2D eigenvalue weighted by atomic mass is 35.5. The van der Waals surface area contributed by atoms with Crippen LogP contribution in [0.4, 0.5) is 5.69 Å². The van der Waals surface area contributed by atoms with E-state index >= 15 is 0 Å². The molecule has 2 N–H and O–H groups in total. The molecule has 0 saturated heterocycles. The van der Waals surface area contributed by atoms with Crippen LogP contribution in [0.1, 0.15) is 11.1 Å². The van der Waals surface area contributed by atoms with Crippen molar-refractivity contribution in [3.63, 3.8) is 0 Å². The minimum absolute atomic E-state index is 0.0770. The molecule has 0 spiro atoms. The van der Waals surface area contributed by atoms with Crippen molar-refractivity contribution in [2.75, 3.05) is 27.1 Å². The molecule has 24 heavy (non-hydrogen) atoms. The maximum absolute atomic E-state index is 9.47. The average Bonchev–Trinajstić information content (AvgIpc) is 2.61. The Morgan fingerprint density at radius 2 is 1.54 bits per heavy atom. The first-order valence-electron chi connectivity index (χ1n) is 6.74. The van der Waals surface area contributed by atoms with Crippen LogP contribution in [0.25, 0.3) is 11.1 Å². The Labute approximate surface area is 144 Å². The molecule has 0 fully saturated rings. The van der Waals surface area contributed by atoms with Crippen LogP contribution in [0.15, 0.2) is 18.2 Å². The van der Waals surface area contributed by atoms with Gasteiger partial charge < -0.3 is 19.9 Å². The predicted molar refractivity (Wildman–Crippen MR) is 90.4 cm³/mol. The first-order chi connectivity index (χ1) is 11.5. The molecule has 0 bridgehead atoms. The summed E-state index contributed by atoms with van der Waals surface area (Å²) in [4.78, 5) is 0. The van der Waals surface area contributed by atoms with Crippen molar-refractivity contribution in [1.82, 2.24) is 0 Å². The van der Waals surface area contributed by atoms with Crippen LogP contribution in [0.5, 0.6) is 17.2 Å². The molecule has 2 aromatic rings. The van der Waals surface area contributed by atoms with E-state index in [1.807, 2.05) is 12.1 Å². The topological polar surface area (TPSA) is 101 Å². The Balaban J connectivity index is 2.85. The Bertz CT molecular complexity index is 857. The minimum atomic E-state index is 0.0770. The van der Waals surface area contributed by atoms with E-state index in [0.29, 0.717) is 28.4 Å². The number of methoxy groups -OCH3 is 3. The zero-order valence-electron chi connectivity index (χ0n) is 13.3. The fourth-order valence-electron chi connectivity index (χ4n) is 2.38. The van der Waals surface area contributed by atoms with E-state index < -0.39 is 0 Å². The third kappa shape index (κ3) is 2.76. The van der Waals surface area contributed by atoms with Crippen LogP contribution in [0.3, 0.4) is 0 Å². The molecule has 122 valence electrons. The van der Waals surface area contributed by atoms with Crippen molar-refractivity contribution < 1.29 is 14.2 Å². The molecule has 2 aromatic carbocycles. The van der Waals surface area contributed by atoms with E-state index in [9.17, 15) is 5.26 Å². The van der Waals surface area contributed by atoms with E-state index in [0.717, 1.165) is 0 Å². The van der Waals surface area contributed by atoms with Crippen LogP contribution in [-0.4, -0.2) is 21.3 Å². The van der Waals surface area contributed by atoms with Gasteiger partial charge in [0.25, 0.3) is 0 Å². The molecule has 0 atom stereocenters. The number of ether oxygens (including phenoxy) is 3. The number of benzene rings is 2. The highest BCUT2D eigenvalue weighted by molar-refractivity contribution is 6.34. The average molecular weight is 344 g/mol. The molecule has 0 heterocycles. The fourth-order valence-corrected chi connectivity index (χ4v) is 2.69. The Hall–Kier alpha value is -3.09. The Kier molecular flexibility index (Phi) is 5.03. The number of halogens is 1. The highest BCUT2D eigenvalue weighted by Crippen LogP contribution is 2.44. The molecule has 0 aromatic heterocycles. The van der Waals surface area contributed by atoms with Crippen molar-refractivity contribution in [2.24, 2.45) is 0 Å². The number of anilines is 1. The van der Waals surface area contributed by atoms with Crippen molar-refractivity contribution in [2.45, 2.75) is 0 Å². The molecule has 0 unspecified atom stereocenters. The van der Waals surface area contributed by atoms with E-state index in [2.05, 4.69) is 0 Å². The summed E-state index contributed by atoms with van der Waals surface area (Å²) in [5.74, 6) is 1.24. The molecule has 2 rings (SSSR count). The molecule has 7 heteroatoms. The summed E-state index contributed by atoms with van der Waals surface area (Å²) in [5.41, 5.74) is 7.22. The quantitative estimate of drug-likeness (QED) is 0.854. The second kappa shape index (κ2) is 6.99. The van der Waals surface area contributed by atoms with Gasteiger partial charge in [-0.3, -0.25) is 0 Å². The molecule has 0 aliphatic heterocycles. The number of nitrogens with zero attached hydrogens (tertiary/aromatic N) is 2. The van der Waals surface area contributed by atoms with Crippen molar-refractivity contribution in [1.29, 1.82) is 10.5 Å². The summed E-state index contributed by atoms with van der Waals surface area (Å²) in [6.07, 6.45) is 0. The fraction of sp³-hybridized carbons (Fsp3) is 0.176. The predicted octanol–water partition coefficient (Wildman–Crippen LogP) is 3.36. The smallest absolute Gasteiger partial charge is 0.203 e. The monoisotopic (exact) mass is 343 g/mol. The van der Waals surface area contributed by atoms with Crippen LogP contribution < -0.4 is 19.9 Å². The first kappa shape index (κ1) is 17.3. The molecule has 6 nitrogen and oxygen atoms in total. The van der Waals surface area contributed by atoms with Gasteiger partial charge in [-0.2, -0.15) is 10.5 Å². The summed E-state index contributed by atoms with van der Waals surface area (Å²) >= 11 is 6.29. The van der Waals surface area contributed by atoms with Crippen LogP contribution in [0.2, 0.25) is 5.02 Å². The first-order valence-corrected chi connectivity index (χ1v) is 7.12. The number of rotatable bonds is 4. The van der Waals surface area contributed by atoms with Crippen molar-refractivity contribution in [3.8, 4) is 40.5 Å². The summed E-state index contributed by atoms with van der Waals surface area (Å²) in [5, 5.41) is 18.8. The minimum Gasteiger partial charge on any atom is -0.493 e. The molecule has 0 aliphatic rings. The lowest BCUT2D eigenvalue weighted by molar-refractivity contribution is 0.324. The normalized spacial score (nSPS) is 9.75. The van der Waals surface area contributed by atoms with Gasteiger partial charge in [0, 0.05) is 5.56 Å². The molecular formula is C17H14ClN3O3.